The molecule has 0 saturated carbocycles. The summed E-state index contributed by atoms with van der Waals surface area (Å²) in [5.41, 5.74) is 1.26. The van der Waals surface area contributed by atoms with Crippen molar-refractivity contribution in [3.63, 3.8) is 0 Å². The third-order valence-electron chi connectivity index (χ3n) is 3.92. The number of hydrogen-bond donors (Lipinski definition) is 2. The first-order valence-electron chi connectivity index (χ1n) is 7.34. The number of fused-ring (bicyclic) bond motifs is 1. The van der Waals surface area contributed by atoms with Crippen LogP contribution in [0.2, 0.25) is 0 Å². The van der Waals surface area contributed by atoms with Crippen molar-refractivity contribution in [1.29, 1.82) is 0 Å². The van der Waals surface area contributed by atoms with Crippen LogP contribution in [0.15, 0.2) is 36.5 Å². The predicted molar refractivity (Wildman–Crippen MR) is 80.5 cm³/mol. The van der Waals surface area contributed by atoms with Crippen LogP contribution in [0.4, 0.5) is 0 Å². The van der Waals surface area contributed by atoms with E-state index in [4.69, 9.17) is 0 Å². The summed E-state index contributed by atoms with van der Waals surface area (Å²) in [5, 5.41) is 7.47. The molecule has 2 heterocycles. The molecule has 20 heavy (non-hydrogen) atoms. The molecule has 1 aliphatic rings. The number of carbonyl (C=O) groups is 1. The lowest BCUT2D eigenvalue weighted by molar-refractivity contribution is -0.122. The summed E-state index contributed by atoms with van der Waals surface area (Å²) in [6, 6.07) is 10.5. The number of aromatic nitrogens is 1. The molecule has 1 saturated heterocycles. The Hall–Kier alpha value is -1.81. The largest absolute Gasteiger partial charge is 0.356 e. The summed E-state index contributed by atoms with van der Waals surface area (Å²) < 4.78 is 2.25. The number of amides is 1. The minimum atomic E-state index is 0.189. The molecule has 0 unspecified atom stereocenters. The number of hydrogen-bond acceptors (Lipinski definition) is 2. The van der Waals surface area contributed by atoms with Gasteiger partial charge in [0.25, 0.3) is 0 Å². The zero-order valence-electron chi connectivity index (χ0n) is 11.6. The maximum absolute atomic E-state index is 11.7. The van der Waals surface area contributed by atoms with Crippen LogP contribution >= 0.6 is 0 Å². The minimum Gasteiger partial charge on any atom is -0.356 e. The molecule has 3 rings (SSSR count). The first-order chi connectivity index (χ1) is 9.83. The Balaban J connectivity index is 1.42. The van der Waals surface area contributed by atoms with E-state index in [0.717, 1.165) is 32.6 Å². The van der Waals surface area contributed by atoms with Gasteiger partial charge in [-0.05, 0) is 42.9 Å². The third kappa shape index (κ3) is 3.02. The monoisotopic (exact) mass is 271 g/mol. The van der Waals surface area contributed by atoms with Crippen LogP contribution in [-0.4, -0.2) is 30.1 Å². The number of nitrogens with one attached hydrogen (secondary N) is 2. The van der Waals surface area contributed by atoms with Gasteiger partial charge in [-0.25, -0.2) is 0 Å². The van der Waals surface area contributed by atoms with Crippen LogP contribution in [0.1, 0.15) is 12.8 Å². The lowest BCUT2D eigenvalue weighted by Gasteiger charge is -2.26. The van der Waals surface area contributed by atoms with Crippen molar-refractivity contribution in [3.05, 3.63) is 36.5 Å². The number of para-hydroxylation sites is 1. The van der Waals surface area contributed by atoms with Crippen molar-refractivity contribution in [1.82, 2.24) is 15.2 Å². The Morgan fingerprint density at radius 2 is 2.15 bits per heavy atom. The normalized spacial score (nSPS) is 15.2. The zero-order valence-corrected chi connectivity index (χ0v) is 11.6. The molecule has 0 spiro atoms. The van der Waals surface area contributed by atoms with Gasteiger partial charge in [0.15, 0.2) is 0 Å². The standard InChI is InChI=1S/C16H21N3O/c20-16(10-13-11-17-12-13)18-7-3-8-19-9-6-14-4-1-2-5-15(14)19/h1-2,4-6,9,13,17H,3,7-8,10-12H2,(H,18,20). The Morgan fingerprint density at radius 1 is 1.30 bits per heavy atom. The summed E-state index contributed by atoms with van der Waals surface area (Å²) in [6.07, 6.45) is 3.75. The van der Waals surface area contributed by atoms with Crippen molar-refractivity contribution in [2.45, 2.75) is 19.4 Å². The van der Waals surface area contributed by atoms with Crippen molar-refractivity contribution >= 4 is 16.8 Å². The molecule has 1 aromatic carbocycles. The van der Waals surface area contributed by atoms with Crippen molar-refractivity contribution < 1.29 is 4.79 Å². The summed E-state index contributed by atoms with van der Waals surface area (Å²) in [4.78, 5) is 11.7. The van der Waals surface area contributed by atoms with E-state index >= 15 is 0 Å². The Bertz CT molecular complexity index is 586. The Kier molecular flexibility index (Phi) is 4.02. The summed E-state index contributed by atoms with van der Waals surface area (Å²) in [6.45, 7) is 3.68. The maximum atomic E-state index is 11.7. The second kappa shape index (κ2) is 6.09. The van der Waals surface area contributed by atoms with Gasteiger partial charge in [-0.2, -0.15) is 0 Å². The van der Waals surface area contributed by atoms with E-state index in [1.165, 1.54) is 10.9 Å². The Labute approximate surface area is 119 Å². The Morgan fingerprint density at radius 3 is 2.95 bits per heavy atom. The van der Waals surface area contributed by atoms with Crippen molar-refractivity contribution in [2.24, 2.45) is 5.92 Å². The maximum Gasteiger partial charge on any atom is 0.220 e. The van der Waals surface area contributed by atoms with Crippen LogP contribution in [0.5, 0.6) is 0 Å². The lowest BCUT2D eigenvalue weighted by atomic mass is 9.99. The molecule has 0 atom stereocenters. The first kappa shape index (κ1) is 13.2. The smallest absolute Gasteiger partial charge is 0.220 e. The SMILES string of the molecule is O=C(CC1CNC1)NCCCn1ccc2ccccc21. The average molecular weight is 271 g/mol. The fourth-order valence-corrected chi connectivity index (χ4v) is 2.64. The second-order valence-electron chi connectivity index (χ2n) is 5.50. The van der Waals surface area contributed by atoms with Crippen LogP contribution in [0.25, 0.3) is 10.9 Å². The lowest BCUT2D eigenvalue weighted by Crippen LogP contribution is -2.44. The molecule has 1 fully saturated rings. The average Bonchev–Trinajstić information content (AvgIpc) is 2.83. The molecule has 1 amide bonds. The number of carbonyl (C=O) groups excluding carboxylic acids is 1. The molecule has 0 bridgehead atoms. The number of aryl methyl sites for hydroxylation is 1. The highest BCUT2D eigenvalue weighted by Crippen LogP contribution is 2.15. The summed E-state index contributed by atoms with van der Waals surface area (Å²) >= 11 is 0. The van der Waals surface area contributed by atoms with Crippen molar-refractivity contribution in [2.75, 3.05) is 19.6 Å². The van der Waals surface area contributed by atoms with Gasteiger partial charge in [0.1, 0.15) is 0 Å². The summed E-state index contributed by atoms with van der Waals surface area (Å²) in [5.74, 6) is 0.734. The van der Waals surface area contributed by atoms with E-state index in [-0.39, 0.29) is 5.91 Å². The van der Waals surface area contributed by atoms with Gasteiger partial charge in [-0.15, -0.1) is 0 Å². The summed E-state index contributed by atoms with van der Waals surface area (Å²) in [7, 11) is 0. The molecule has 106 valence electrons. The molecule has 1 aliphatic heterocycles. The van der Waals surface area contributed by atoms with Crippen molar-refractivity contribution in [3.8, 4) is 0 Å². The fourth-order valence-electron chi connectivity index (χ4n) is 2.64. The van der Waals surface area contributed by atoms with Gasteiger partial charge in [-0.1, -0.05) is 18.2 Å². The molecule has 1 aromatic heterocycles. The number of nitrogens with zero attached hydrogens (tertiary/aromatic N) is 1. The number of rotatable bonds is 6. The van der Waals surface area contributed by atoms with E-state index in [2.05, 4.69) is 51.7 Å². The molecule has 0 aliphatic carbocycles. The van der Waals surface area contributed by atoms with Crippen LogP contribution in [-0.2, 0) is 11.3 Å². The third-order valence-corrected chi connectivity index (χ3v) is 3.92. The molecule has 4 heteroatoms. The highest BCUT2D eigenvalue weighted by atomic mass is 16.1. The molecular weight excluding hydrogens is 250 g/mol. The van der Waals surface area contributed by atoms with E-state index < -0.39 is 0 Å². The van der Waals surface area contributed by atoms with E-state index in [1.54, 1.807) is 0 Å². The van der Waals surface area contributed by atoms with Crippen LogP contribution < -0.4 is 10.6 Å². The van der Waals surface area contributed by atoms with Gasteiger partial charge in [0.05, 0.1) is 0 Å². The van der Waals surface area contributed by atoms with E-state index in [9.17, 15) is 4.79 Å². The van der Waals surface area contributed by atoms with Gasteiger partial charge in [0.2, 0.25) is 5.91 Å². The highest BCUT2D eigenvalue weighted by Gasteiger charge is 2.19. The van der Waals surface area contributed by atoms with Gasteiger partial charge in [-0.3, -0.25) is 4.79 Å². The molecule has 2 N–H and O–H groups in total. The second-order valence-corrected chi connectivity index (χ2v) is 5.50. The quantitative estimate of drug-likeness (QED) is 0.786. The van der Waals surface area contributed by atoms with Crippen LogP contribution in [0.3, 0.4) is 0 Å². The zero-order chi connectivity index (χ0) is 13.8. The molecule has 2 aromatic rings. The predicted octanol–water partition coefficient (Wildman–Crippen LogP) is 1.76. The van der Waals surface area contributed by atoms with Gasteiger partial charge in [0, 0.05) is 31.2 Å². The van der Waals surface area contributed by atoms with Crippen LogP contribution in [0, 0.1) is 5.92 Å². The minimum absolute atomic E-state index is 0.189. The number of benzene rings is 1. The van der Waals surface area contributed by atoms with Gasteiger partial charge < -0.3 is 15.2 Å². The topological polar surface area (TPSA) is 46.1 Å². The molecule has 0 radical (unpaired) electrons. The fraction of sp³-hybridized carbons (Fsp3) is 0.438. The first-order valence-corrected chi connectivity index (χ1v) is 7.34. The molecule has 4 nitrogen and oxygen atoms in total. The van der Waals surface area contributed by atoms with Gasteiger partial charge >= 0.3 is 0 Å². The van der Waals surface area contributed by atoms with E-state index in [1.807, 2.05) is 0 Å². The molecular formula is C16H21N3O. The highest BCUT2D eigenvalue weighted by molar-refractivity contribution is 5.79. The van der Waals surface area contributed by atoms with E-state index in [0.29, 0.717) is 12.3 Å².